The summed E-state index contributed by atoms with van der Waals surface area (Å²) in [4.78, 5) is 12.7. The average molecular weight is 475 g/mol. The van der Waals surface area contributed by atoms with E-state index in [0.717, 1.165) is 17.1 Å². The molecule has 1 amide bonds. The summed E-state index contributed by atoms with van der Waals surface area (Å²) in [7, 11) is -3.79. The molecule has 0 saturated carbocycles. The summed E-state index contributed by atoms with van der Waals surface area (Å²) < 4.78 is 34.3. The number of anilines is 1. The van der Waals surface area contributed by atoms with Crippen LogP contribution in [-0.4, -0.2) is 54.7 Å². The number of morpholine rings is 1. The molecule has 1 aliphatic rings. The average Bonchev–Trinajstić information content (AvgIpc) is 3.13. The first kappa shape index (κ1) is 22.5. The Morgan fingerprint density at radius 3 is 2.38 bits per heavy atom. The highest BCUT2D eigenvalue weighted by atomic mass is 35.5. The highest BCUT2D eigenvalue weighted by Gasteiger charge is 2.28. The van der Waals surface area contributed by atoms with Crippen LogP contribution in [0.5, 0.6) is 0 Å². The largest absolute Gasteiger partial charge is 0.379 e. The summed E-state index contributed by atoms with van der Waals surface area (Å²) in [5.41, 5.74) is 3.53. The number of aryl methyl sites for hydroxylation is 2. The number of hydrogen-bond acceptors (Lipinski definition) is 5. The fourth-order valence-corrected chi connectivity index (χ4v) is 5.46. The molecule has 4 rings (SSSR count). The van der Waals surface area contributed by atoms with Crippen molar-refractivity contribution in [1.29, 1.82) is 0 Å². The first-order chi connectivity index (χ1) is 15.3. The molecular formula is C22H23ClN4O4S. The van der Waals surface area contributed by atoms with E-state index in [0.29, 0.717) is 24.5 Å². The number of ether oxygens (including phenoxy) is 1. The van der Waals surface area contributed by atoms with E-state index >= 15 is 0 Å². The summed E-state index contributed by atoms with van der Waals surface area (Å²) in [5.74, 6) is -0.359. The van der Waals surface area contributed by atoms with Gasteiger partial charge in [-0.1, -0.05) is 11.6 Å². The van der Waals surface area contributed by atoms with Crippen molar-refractivity contribution in [2.75, 3.05) is 31.6 Å². The molecule has 0 aliphatic carbocycles. The lowest BCUT2D eigenvalue weighted by molar-refractivity contribution is 0.0730. The van der Waals surface area contributed by atoms with Gasteiger partial charge in [0, 0.05) is 30.0 Å². The van der Waals surface area contributed by atoms with E-state index in [1.807, 2.05) is 32.0 Å². The van der Waals surface area contributed by atoms with Gasteiger partial charge < -0.3 is 10.1 Å². The first-order valence-corrected chi connectivity index (χ1v) is 11.9. The van der Waals surface area contributed by atoms with Gasteiger partial charge >= 0.3 is 0 Å². The Bertz CT molecular complexity index is 1250. The lowest BCUT2D eigenvalue weighted by Gasteiger charge is -2.26. The Hall–Kier alpha value is -2.72. The minimum absolute atomic E-state index is 0.0428. The second-order valence-electron chi connectivity index (χ2n) is 7.50. The number of rotatable bonds is 5. The second kappa shape index (κ2) is 9.03. The third kappa shape index (κ3) is 4.56. The van der Waals surface area contributed by atoms with Crippen LogP contribution < -0.4 is 5.32 Å². The Kier molecular flexibility index (Phi) is 6.34. The fraction of sp³-hybridized carbons (Fsp3) is 0.273. The van der Waals surface area contributed by atoms with Crippen LogP contribution in [0.1, 0.15) is 21.7 Å². The van der Waals surface area contributed by atoms with Crippen LogP contribution >= 0.6 is 11.6 Å². The molecule has 2 heterocycles. The molecule has 1 N–H and O–H groups in total. The van der Waals surface area contributed by atoms with E-state index in [1.54, 1.807) is 22.9 Å². The zero-order valence-electron chi connectivity index (χ0n) is 17.7. The van der Waals surface area contributed by atoms with Crippen molar-refractivity contribution in [3.05, 3.63) is 70.5 Å². The van der Waals surface area contributed by atoms with E-state index in [-0.39, 0.29) is 28.9 Å². The van der Waals surface area contributed by atoms with Gasteiger partial charge in [0.1, 0.15) is 4.90 Å². The number of carbonyl (C=O) groups is 1. The molecule has 0 spiro atoms. The van der Waals surface area contributed by atoms with E-state index in [4.69, 9.17) is 16.3 Å². The van der Waals surface area contributed by atoms with Crippen molar-refractivity contribution >= 4 is 33.2 Å². The predicted molar refractivity (Wildman–Crippen MR) is 122 cm³/mol. The van der Waals surface area contributed by atoms with E-state index in [1.165, 1.54) is 16.4 Å². The molecule has 168 valence electrons. The smallest absolute Gasteiger partial charge is 0.255 e. The van der Waals surface area contributed by atoms with Crippen LogP contribution in [0, 0.1) is 13.8 Å². The Balaban J connectivity index is 1.53. The van der Waals surface area contributed by atoms with Gasteiger partial charge in [0.05, 0.1) is 29.6 Å². The zero-order chi connectivity index (χ0) is 22.9. The molecule has 1 aliphatic heterocycles. The van der Waals surface area contributed by atoms with Gasteiger partial charge in [-0.25, -0.2) is 13.1 Å². The summed E-state index contributed by atoms with van der Waals surface area (Å²) in [5, 5.41) is 7.29. The van der Waals surface area contributed by atoms with Crippen LogP contribution in [0.4, 0.5) is 5.69 Å². The zero-order valence-corrected chi connectivity index (χ0v) is 19.3. The molecule has 1 fully saturated rings. The molecular weight excluding hydrogens is 452 g/mol. The number of benzene rings is 2. The van der Waals surface area contributed by atoms with Crippen LogP contribution in [0.2, 0.25) is 5.02 Å². The van der Waals surface area contributed by atoms with Crippen LogP contribution in [0.15, 0.2) is 53.4 Å². The number of amides is 1. The Morgan fingerprint density at radius 1 is 1.06 bits per heavy atom. The van der Waals surface area contributed by atoms with Crippen molar-refractivity contribution < 1.29 is 17.9 Å². The second-order valence-corrected chi connectivity index (χ2v) is 9.82. The first-order valence-electron chi connectivity index (χ1n) is 10.1. The SMILES string of the molecule is Cc1cc(C)n(-c2ccc(C(=O)Nc3ccc(Cl)c(S(=O)(=O)N4CCOCC4)c3)cc2)n1. The molecule has 0 bridgehead atoms. The number of nitrogens with one attached hydrogen (secondary N) is 1. The van der Waals surface area contributed by atoms with Crippen LogP contribution in [-0.2, 0) is 14.8 Å². The molecule has 32 heavy (non-hydrogen) atoms. The third-order valence-electron chi connectivity index (χ3n) is 5.16. The van der Waals surface area contributed by atoms with Crippen molar-refractivity contribution in [3.8, 4) is 5.69 Å². The molecule has 0 unspecified atom stereocenters. The molecule has 2 aromatic carbocycles. The molecule has 10 heteroatoms. The summed E-state index contributed by atoms with van der Waals surface area (Å²) in [6, 6.07) is 13.4. The summed E-state index contributed by atoms with van der Waals surface area (Å²) >= 11 is 6.19. The monoisotopic (exact) mass is 474 g/mol. The number of sulfonamides is 1. The van der Waals surface area contributed by atoms with Crippen LogP contribution in [0.3, 0.4) is 0 Å². The Morgan fingerprint density at radius 2 is 1.75 bits per heavy atom. The minimum Gasteiger partial charge on any atom is -0.379 e. The van der Waals surface area contributed by atoms with E-state index in [2.05, 4.69) is 10.4 Å². The topological polar surface area (TPSA) is 93.5 Å². The van der Waals surface area contributed by atoms with Gasteiger partial charge in [0.15, 0.2) is 0 Å². The molecule has 1 saturated heterocycles. The molecule has 0 atom stereocenters. The fourth-order valence-electron chi connectivity index (χ4n) is 3.55. The van der Waals surface area contributed by atoms with Gasteiger partial charge in [0.2, 0.25) is 10.0 Å². The molecule has 0 radical (unpaired) electrons. The number of hydrogen-bond donors (Lipinski definition) is 1. The molecule has 1 aromatic heterocycles. The van der Waals surface area contributed by atoms with Gasteiger partial charge in [-0.2, -0.15) is 9.40 Å². The van der Waals surface area contributed by atoms with Crippen molar-refractivity contribution in [3.63, 3.8) is 0 Å². The van der Waals surface area contributed by atoms with E-state index in [9.17, 15) is 13.2 Å². The summed E-state index contributed by atoms with van der Waals surface area (Å²) in [6.07, 6.45) is 0. The van der Waals surface area contributed by atoms with Gasteiger partial charge in [-0.3, -0.25) is 4.79 Å². The maximum Gasteiger partial charge on any atom is 0.255 e. The highest BCUT2D eigenvalue weighted by Crippen LogP contribution is 2.28. The maximum atomic E-state index is 13.0. The highest BCUT2D eigenvalue weighted by molar-refractivity contribution is 7.89. The van der Waals surface area contributed by atoms with Gasteiger partial charge in [0.25, 0.3) is 5.91 Å². The molecule has 8 nitrogen and oxygen atoms in total. The predicted octanol–water partition coefficient (Wildman–Crippen LogP) is 3.42. The van der Waals surface area contributed by atoms with Gasteiger partial charge in [-0.05, 0) is 62.4 Å². The van der Waals surface area contributed by atoms with Crippen molar-refractivity contribution in [1.82, 2.24) is 14.1 Å². The van der Waals surface area contributed by atoms with Gasteiger partial charge in [-0.15, -0.1) is 0 Å². The summed E-state index contributed by atoms with van der Waals surface area (Å²) in [6.45, 7) is 5.07. The minimum atomic E-state index is -3.79. The quantitative estimate of drug-likeness (QED) is 0.611. The Labute approximate surface area is 191 Å². The number of nitrogens with zero attached hydrogens (tertiary/aromatic N) is 3. The van der Waals surface area contributed by atoms with E-state index < -0.39 is 10.0 Å². The standard InChI is InChI=1S/C22H23ClN4O4S/c1-15-13-16(2)27(25-15)19-6-3-17(4-7-19)22(28)24-18-5-8-20(23)21(14-18)32(29,30)26-9-11-31-12-10-26/h3-8,13-14H,9-12H2,1-2H3,(H,24,28). The molecule has 3 aromatic rings. The number of aromatic nitrogens is 2. The van der Waals surface area contributed by atoms with Crippen molar-refractivity contribution in [2.45, 2.75) is 18.7 Å². The normalized spacial score (nSPS) is 15.0. The lowest BCUT2D eigenvalue weighted by Crippen LogP contribution is -2.40. The number of carbonyl (C=O) groups excluding carboxylic acids is 1. The van der Waals surface area contributed by atoms with Crippen molar-refractivity contribution in [2.24, 2.45) is 0 Å². The third-order valence-corrected chi connectivity index (χ3v) is 7.54. The lowest BCUT2D eigenvalue weighted by atomic mass is 10.2. The van der Waals surface area contributed by atoms with Crippen LogP contribution in [0.25, 0.3) is 5.69 Å². The number of halogens is 1. The maximum absolute atomic E-state index is 13.0.